The molecule has 2 rings (SSSR count). The lowest BCUT2D eigenvalue weighted by molar-refractivity contribution is 0.0601. The van der Waals surface area contributed by atoms with Crippen LogP contribution in [0.1, 0.15) is 15.9 Å². The number of aromatic nitrogens is 1. The van der Waals surface area contributed by atoms with Crippen molar-refractivity contribution < 1.29 is 9.53 Å². The van der Waals surface area contributed by atoms with E-state index in [0.29, 0.717) is 11.1 Å². The summed E-state index contributed by atoms with van der Waals surface area (Å²) >= 11 is 0. The number of benzene rings is 1. The Hall–Kier alpha value is -2.28. The fourth-order valence-corrected chi connectivity index (χ4v) is 1.70. The molecule has 0 radical (unpaired) electrons. The predicted molar refractivity (Wildman–Crippen MR) is 59.0 cm³/mol. The van der Waals surface area contributed by atoms with Crippen molar-refractivity contribution in [1.29, 1.82) is 5.26 Å². The van der Waals surface area contributed by atoms with Crippen LogP contribution in [-0.4, -0.2) is 17.6 Å². The van der Waals surface area contributed by atoms with E-state index in [1.807, 2.05) is 23.9 Å². The van der Waals surface area contributed by atoms with Gasteiger partial charge in [-0.1, -0.05) is 0 Å². The van der Waals surface area contributed by atoms with Crippen LogP contribution in [0.3, 0.4) is 0 Å². The first-order valence-electron chi connectivity index (χ1n) is 4.75. The maximum atomic E-state index is 11.4. The van der Waals surface area contributed by atoms with Crippen LogP contribution >= 0.6 is 0 Å². The summed E-state index contributed by atoms with van der Waals surface area (Å²) in [6.07, 6.45) is 1.85. The number of nitriles is 1. The maximum absolute atomic E-state index is 11.4. The number of ether oxygens (including phenoxy) is 1. The third kappa shape index (κ3) is 1.43. The molecule has 0 aliphatic carbocycles. The number of fused-ring (bicyclic) bond motifs is 1. The first-order chi connectivity index (χ1) is 7.67. The van der Waals surface area contributed by atoms with Gasteiger partial charge in [0, 0.05) is 24.1 Å². The van der Waals surface area contributed by atoms with Crippen LogP contribution in [0.4, 0.5) is 0 Å². The highest BCUT2D eigenvalue weighted by Crippen LogP contribution is 2.21. The zero-order valence-electron chi connectivity index (χ0n) is 9.02. The van der Waals surface area contributed by atoms with E-state index < -0.39 is 5.97 Å². The van der Waals surface area contributed by atoms with Crippen molar-refractivity contribution in [3.8, 4) is 6.07 Å². The standard InChI is InChI=1S/C12H10N2O2/c1-14-4-3-10-9(7-13)5-8(6-11(10)14)12(15)16-2/h3-6H,1-2H3. The summed E-state index contributed by atoms with van der Waals surface area (Å²) < 4.78 is 6.51. The summed E-state index contributed by atoms with van der Waals surface area (Å²) in [6, 6.07) is 7.21. The number of nitrogens with zero attached hydrogens (tertiary/aromatic N) is 2. The second-order valence-electron chi connectivity index (χ2n) is 3.49. The zero-order chi connectivity index (χ0) is 11.7. The molecule has 0 N–H and O–H groups in total. The van der Waals surface area contributed by atoms with Gasteiger partial charge in [0.05, 0.1) is 24.3 Å². The summed E-state index contributed by atoms with van der Waals surface area (Å²) in [5, 5.41) is 9.86. The Balaban J connectivity index is 2.77. The SMILES string of the molecule is COC(=O)c1cc(C#N)c2ccn(C)c2c1. The Kier molecular flexibility index (Phi) is 2.37. The van der Waals surface area contributed by atoms with E-state index >= 15 is 0 Å². The van der Waals surface area contributed by atoms with Gasteiger partial charge in [-0.05, 0) is 18.2 Å². The molecule has 1 aromatic carbocycles. The lowest BCUT2D eigenvalue weighted by Crippen LogP contribution is -2.02. The van der Waals surface area contributed by atoms with Crippen LogP contribution in [0.5, 0.6) is 0 Å². The third-order valence-electron chi connectivity index (χ3n) is 2.54. The van der Waals surface area contributed by atoms with Crippen molar-refractivity contribution in [2.45, 2.75) is 0 Å². The van der Waals surface area contributed by atoms with Crippen LogP contribution in [-0.2, 0) is 11.8 Å². The van der Waals surface area contributed by atoms with Gasteiger partial charge in [0.2, 0.25) is 0 Å². The molecular formula is C12H10N2O2. The molecule has 0 unspecified atom stereocenters. The van der Waals surface area contributed by atoms with Crippen molar-refractivity contribution in [3.05, 3.63) is 35.5 Å². The Labute approximate surface area is 92.7 Å². The largest absolute Gasteiger partial charge is 0.465 e. The summed E-state index contributed by atoms with van der Waals surface area (Å²) in [6.45, 7) is 0. The lowest BCUT2D eigenvalue weighted by Gasteiger charge is -2.03. The molecule has 0 aliphatic heterocycles. The molecule has 0 saturated carbocycles. The van der Waals surface area contributed by atoms with Gasteiger partial charge >= 0.3 is 5.97 Å². The minimum Gasteiger partial charge on any atom is -0.465 e. The fourth-order valence-electron chi connectivity index (χ4n) is 1.70. The van der Waals surface area contributed by atoms with Crippen molar-refractivity contribution >= 4 is 16.9 Å². The Morgan fingerprint density at radius 2 is 2.25 bits per heavy atom. The molecule has 0 atom stereocenters. The summed E-state index contributed by atoms with van der Waals surface area (Å²) in [4.78, 5) is 11.4. The van der Waals surface area contributed by atoms with Crippen LogP contribution < -0.4 is 0 Å². The molecule has 0 saturated heterocycles. The molecule has 1 heterocycles. The Morgan fingerprint density at radius 1 is 1.50 bits per heavy atom. The molecule has 0 amide bonds. The molecule has 16 heavy (non-hydrogen) atoms. The highest BCUT2D eigenvalue weighted by atomic mass is 16.5. The molecule has 1 aromatic heterocycles. The molecule has 80 valence electrons. The third-order valence-corrected chi connectivity index (χ3v) is 2.54. The van der Waals surface area contributed by atoms with E-state index in [1.165, 1.54) is 7.11 Å². The molecule has 0 bridgehead atoms. The monoisotopic (exact) mass is 214 g/mol. The van der Waals surface area contributed by atoms with Gasteiger partial charge in [-0.25, -0.2) is 4.79 Å². The highest BCUT2D eigenvalue weighted by molar-refractivity contribution is 5.97. The van der Waals surface area contributed by atoms with Crippen LogP contribution in [0.15, 0.2) is 24.4 Å². The van der Waals surface area contributed by atoms with Gasteiger partial charge in [0.15, 0.2) is 0 Å². The van der Waals surface area contributed by atoms with Gasteiger partial charge in [0.25, 0.3) is 0 Å². The molecule has 0 fully saturated rings. The van der Waals surface area contributed by atoms with Gasteiger partial charge in [-0.2, -0.15) is 5.26 Å². The summed E-state index contributed by atoms with van der Waals surface area (Å²) in [7, 11) is 3.19. The summed E-state index contributed by atoms with van der Waals surface area (Å²) in [5.41, 5.74) is 1.73. The molecular weight excluding hydrogens is 204 g/mol. The molecule has 4 heteroatoms. The van der Waals surface area contributed by atoms with Gasteiger partial charge in [-0.15, -0.1) is 0 Å². The van der Waals surface area contributed by atoms with Crippen LogP contribution in [0.25, 0.3) is 10.9 Å². The van der Waals surface area contributed by atoms with Gasteiger partial charge in [-0.3, -0.25) is 0 Å². The second-order valence-corrected chi connectivity index (χ2v) is 3.49. The zero-order valence-corrected chi connectivity index (χ0v) is 9.02. The average molecular weight is 214 g/mol. The van der Waals surface area contributed by atoms with Crippen LogP contribution in [0.2, 0.25) is 0 Å². The van der Waals surface area contributed by atoms with E-state index in [-0.39, 0.29) is 0 Å². The lowest BCUT2D eigenvalue weighted by atomic mass is 10.1. The molecule has 4 nitrogen and oxygen atoms in total. The number of hydrogen-bond donors (Lipinski definition) is 0. The minimum atomic E-state index is -0.431. The van der Waals surface area contributed by atoms with Crippen molar-refractivity contribution in [1.82, 2.24) is 4.57 Å². The fraction of sp³-hybridized carbons (Fsp3) is 0.167. The van der Waals surface area contributed by atoms with Crippen molar-refractivity contribution in [2.24, 2.45) is 7.05 Å². The first kappa shape index (κ1) is 10.2. The molecule has 2 aromatic rings. The van der Waals surface area contributed by atoms with Crippen molar-refractivity contribution in [3.63, 3.8) is 0 Å². The summed E-state index contributed by atoms with van der Waals surface area (Å²) in [5.74, 6) is -0.431. The average Bonchev–Trinajstić information content (AvgIpc) is 2.69. The normalized spacial score (nSPS) is 10.1. The predicted octanol–water partition coefficient (Wildman–Crippen LogP) is 1.84. The smallest absolute Gasteiger partial charge is 0.337 e. The second kappa shape index (κ2) is 3.70. The quantitative estimate of drug-likeness (QED) is 0.680. The molecule has 0 aliphatic rings. The number of carbonyl (C=O) groups is 1. The number of methoxy groups -OCH3 is 1. The van der Waals surface area contributed by atoms with E-state index in [4.69, 9.17) is 5.26 Å². The van der Waals surface area contributed by atoms with Crippen molar-refractivity contribution in [2.75, 3.05) is 7.11 Å². The van der Waals surface area contributed by atoms with E-state index in [1.54, 1.807) is 12.1 Å². The minimum absolute atomic E-state index is 0.397. The number of esters is 1. The van der Waals surface area contributed by atoms with Crippen LogP contribution in [0, 0.1) is 11.3 Å². The number of aryl methyl sites for hydroxylation is 1. The van der Waals surface area contributed by atoms with E-state index in [2.05, 4.69) is 10.8 Å². The number of carbonyl (C=O) groups excluding carboxylic acids is 1. The van der Waals surface area contributed by atoms with E-state index in [9.17, 15) is 4.79 Å². The topological polar surface area (TPSA) is 55.0 Å². The number of hydrogen-bond acceptors (Lipinski definition) is 3. The first-order valence-corrected chi connectivity index (χ1v) is 4.75. The maximum Gasteiger partial charge on any atom is 0.337 e. The highest BCUT2D eigenvalue weighted by Gasteiger charge is 2.11. The number of rotatable bonds is 1. The Morgan fingerprint density at radius 3 is 2.88 bits per heavy atom. The van der Waals surface area contributed by atoms with E-state index in [0.717, 1.165) is 10.9 Å². The Bertz CT molecular complexity index is 605. The van der Waals surface area contributed by atoms with Gasteiger partial charge < -0.3 is 9.30 Å². The van der Waals surface area contributed by atoms with Gasteiger partial charge in [0.1, 0.15) is 0 Å². The molecule has 0 spiro atoms.